The largest absolute Gasteiger partial charge is 0.507 e. The summed E-state index contributed by atoms with van der Waals surface area (Å²) in [6.07, 6.45) is -1.73. The lowest BCUT2D eigenvalue weighted by Crippen LogP contribution is -2.30. The van der Waals surface area contributed by atoms with Gasteiger partial charge in [0, 0.05) is 19.0 Å². The molecule has 18 heavy (non-hydrogen) atoms. The predicted octanol–water partition coefficient (Wildman–Crippen LogP) is 0.0967. The molecule has 98 valence electrons. The number of phenolic OH excluding ortho intramolecular Hbond substituents is 1. The van der Waals surface area contributed by atoms with E-state index < -0.39 is 29.5 Å². The van der Waals surface area contributed by atoms with E-state index in [9.17, 15) is 19.1 Å². The molecule has 0 aliphatic heterocycles. The molecule has 1 unspecified atom stereocenters. The highest BCUT2D eigenvalue weighted by Crippen LogP contribution is 2.17. The summed E-state index contributed by atoms with van der Waals surface area (Å²) in [6, 6.07) is 2.91. The molecule has 0 aromatic heterocycles. The summed E-state index contributed by atoms with van der Waals surface area (Å²) in [4.78, 5) is 21.8. The first-order valence-corrected chi connectivity index (χ1v) is 5.09. The molecule has 7 heteroatoms. The second kappa shape index (κ2) is 5.97. The van der Waals surface area contributed by atoms with Gasteiger partial charge in [0.15, 0.2) is 6.10 Å². The lowest BCUT2D eigenvalue weighted by atomic mass is 10.1. The van der Waals surface area contributed by atoms with Gasteiger partial charge in [-0.1, -0.05) is 0 Å². The molecule has 1 atom stereocenters. The molecule has 0 spiro atoms. The van der Waals surface area contributed by atoms with Crippen LogP contribution in [0.4, 0.5) is 4.39 Å². The normalized spacial score (nSPS) is 11.9. The van der Waals surface area contributed by atoms with Gasteiger partial charge < -0.3 is 20.6 Å². The van der Waals surface area contributed by atoms with Crippen LogP contribution in [0.5, 0.6) is 5.75 Å². The fourth-order valence-corrected chi connectivity index (χ4v) is 1.24. The second-order valence-electron chi connectivity index (χ2n) is 3.56. The van der Waals surface area contributed by atoms with E-state index in [0.717, 1.165) is 18.2 Å². The van der Waals surface area contributed by atoms with Crippen molar-refractivity contribution in [2.24, 2.45) is 0 Å². The molecular weight excluding hydrogens is 245 g/mol. The van der Waals surface area contributed by atoms with Crippen LogP contribution in [0, 0.1) is 5.82 Å². The molecule has 1 rings (SSSR count). The van der Waals surface area contributed by atoms with Crippen LogP contribution in [0.15, 0.2) is 18.2 Å². The number of aromatic hydroxyl groups is 1. The number of rotatable bonds is 5. The summed E-state index contributed by atoms with van der Waals surface area (Å²) >= 11 is 0. The SMILES string of the molecule is O=C(NCCC(O)C(=O)O)c1ccc(F)cc1O. The fourth-order valence-electron chi connectivity index (χ4n) is 1.24. The molecule has 0 saturated carbocycles. The maximum absolute atomic E-state index is 12.7. The number of carbonyl (C=O) groups excluding carboxylic acids is 1. The quantitative estimate of drug-likeness (QED) is 0.598. The van der Waals surface area contributed by atoms with E-state index in [1.54, 1.807) is 0 Å². The number of hydrogen-bond acceptors (Lipinski definition) is 4. The van der Waals surface area contributed by atoms with E-state index >= 15 is 0 Å². The van der Waals surface area contributed by atoms with E-state index in [1.807, 2.05) is 0 Å². The zero-order valence-electron chi connectivity index (χ0n) is 9.26. The van der Waals surface area contributed by atoms with Gasteiger partial charge in [-0.05, 0) is 12.1 Å². The van der Waals surface area contributed by atoms with Crippen LogP contribution in [0.1, 0.15) is 16.8 Å². The minimum absolute atomic E-state index is 0.0802. The van der Waals surface area contributed by atoms with E-state index in [0.29, 0.717) is 0 Å². The molecular formula is C11H12FNO5. The van der Waals surface area contributed by atoms with Crippen LogP contribution in [-0.2, 0) is 4.79 Å². The Kier molecular flexibility index (Phi) is 4.61. The zero-order chi connectivity index (χ0) is 13.7. The third-order valence-electron chi connectivity index (χ3n) is 2.19. The van der Waals surface area contributed by atoms with Crippen LogP contribution in [0.3, 0.4) is 0 Å². The minimum atomic E-state index is -1.56. The number of hydrogen-bond donors (Lipinski definition) is 4. The van der Waals surface area contributed by atoms with Crippen molar-refractivity contribution < 1.29 is 29.3 Å². The van der Waals surface area contributed by atoms with Gasteiger partial charge in [0.25, 0.3) is 5.91 Å². The van der Waals surface area contributed by atoms with Crippen molar-refractivity contribution in [2.75, 3.05) is 6.54 Å². The van der Waals surface area contributed by atoms with Crippen molar-refractivity contribution in [1.82, 2.24) is 5.32 Å². The van der Waals surface area contributed by atoms with Crippen LogP contribution in [-0.4, -0.2) is 39.8 Å². The summed E-state index contributed by atoms with van der Waals surface area (Å²) in [6.45, 7) is -0.0802. The third kappa shape index (κ3) is 3.70. The lowest BCUT2D eigenvalue weighted by molar-refractivity contribution is -0.146. The van der Waals surface area contributed by atoms with Gasteiger partial charge in [0.2, 0.25) is 0 Å². The highest BCUT2D eigenvalue weighted by atomic mass is 19.1. The molecule has 0 aliphatic rings. The summed E-state index contributed by atoms with van der Waals surface area (Å²) in [5.41, 5.74) is -0.124. The van der Waals surface area contributed by atoms with Gasteiger partial charge in [0.05, 0.1) is 5.56 Å². The van der Waals surface area contributed by atoms with Gasteiger partial charge in [0.1, 0.15) is 11.6 Å². The van der Waals surface area contributed by atoms with E-state index in [4.69, 9.17) is 10.2 Å². The van der Waals surface area contributed by atoms with Crippen molar-refractivity contribution in [1.29, 1.82) is 0 Å². The molecule has 0 saturated heterocycles. The zero-order valence-corrected chi connectivity index (χ0v) is 9.26. The standard InChI is InChI=1S/C11H12FNO5/c12-6-1-2-7(9(15)5-6)10(16)13-4-3-8(14)11(17)18/h1-2,5,8,14-15H,3-4H2,(H,13,16)(H,17,18). The van der Waals surface area contributed by atoms with Gasteiger partial charge >= 0.3 is 5.97 Å². The topological polar surface area (TPSA) is 107 Å². The van der Waals surface area contributed by atoms with Gasteiger partial charge in [-0.25, -0.2) is 9.18 Å². The summed E-state index contributed by atoms with van der Waals surface area (Å²) in [5.74, 6) is -3.24. The molecule has 6 nitrogen and oxygen atoms in total. The maximum Gasteiger partial charge on any atom is 0.332 e. The van der Waals surface area contributed by atoms with E-state index in [-0.39, 0.29) is 18.5 Å². The molecule has 0 heterocycles. The number of nitrogens with one attached hydrogen (secondary N) is 1. The molecule has 0 aliphatic carbocycles. The number of aliphatic carboxylic acids is 1. The van der Waals surface area contributed by atoms with Gasteiger partial charge in [-0.15, -0.1) is 0 Å². The highest BCUT2D eigenvalue weighted by molar-refractivity contribution is 5.96. The first-order valence-electron chi connectivity index (χ1n) is 5.09. The molecule has 1 aromatic carbocycles. The van der Waals surface area contributed by atoms with Crippen molar-refractivity contribution >= 4 is 11.9 Å². The van der Waals surface area contributed by atoms with Crippen LogP contribution >= 0.6 is 0 Å². The molecule has 4 N–H and O–H groups in total. The number of aliphatic hydroxyl groups excluding tert-OH is 1. The molecule has 0 radical (unpaired) electrons. The van der Waals surface area contributed by atoms with Crippen molar-refractivity contribution in [3.05, 3.63) is 29.6 Å². The number of aliphatic hydroxyl groups is 1. The number of amides is 1. The lowest BCUT2D eigenvalue weighted by Gasteiger charge is -2.08. The minimum Gasteiger partial charge on any atom is -0.507 e. The molecule has 1 amide bonds. The van der Waals surface area contributed by atoms with Gasteiger partial charge in [-0.3, -0.25) is 4.79 Å². The Morgan fingerprint density at radius 3 is 2.61 bits per heavy atom. The Bertz CT molecular complexity index is 463. The Morgan fingerprint density at radius 1 is 1.39 bits per heavy atom. The summed E-state index contributed by atoms with van der Waals surface area (Å²) in [5, 5.41) is 29.0. The average molecular weight is 257 g/mol. The molecule has 1 aromatic rings. The fraction of sp³-hybridized carbons (Fsp3) is 0.273. The van der Waals surface area contributed by atoms with Crippen molar-refractivity contribution in [3.63, 3.8) is 0 Å². The Balaban J connectivity index is 2.53. The average Bonchev–Trinajstić information content (AvgIpc) is 2.28. The smallest absolute Gasteiger partial charge is 0.332 e. The molecule has 0 bridgehead atoms. The molecule has 0 fully saturated rings. The number of halogens is 1. The number of carboxylic acid groups (broad SMARTS) is 1. The van der Waals surface area contributed by atoms with Crippen LogP contribution in [0.2, 0.25) is 0 Å². The second-order valence-corrected chi connectivity index (χ2v) is 3.56. The number of benzene rings is 1. The Hall–Kier alpha value is -2.15. The first kappa shape index (κ1) is 13.9. The predicted molar refractivity (Wildman–Crippen MR) is 58.7 cm³/mol. The number of carboxylic acids is 1. The van der Waals surface area contributed by atoms with Gasteiger partial charge in [-0.2, -0.15) is 0 Å². The van der Waals surface area contributed by atoms with Crippen molar-refractivity contribution in [2.45, 2.75) is 12.5 Å². The summed E-state index contributed by atoms with van der Waals surface area (Å²) in [7, 11) is 0. The monoisotopic (exact) mass is 257 g/mol. The maximum atomic E-state index is 12.7. The first-order chi connectivity index (χ1) is 8.41. The third-order valence-corrected chi connectivity index (χ3v) is 2.19. The Labute approximate surface area is 102 Å². The summed E-state index contributed by atoms with van der Waals surface area (Å²) < 4.78 is 12.7. The Morgan fingerprint density at radius 2 is 2.06 bits per heavy atom. The van der Waals surface area contributed by atoms with Crippen molar-refractivity contribution in [3.8, 4) is 5.75 Å². The van der Waals surface area contributed by atoms with Crippen LogP contribution in [0.25, 0.3) is 0 Å². The van der Waals surface area contributed by atoms with Crippen LogP contribution < -0.4 is 5.32 Å². The number of phenols is 1. The van der Waals surface area contributed by atoms with E-state index in [1.165, 1.54) is 0 Å². The number of carbonyl (C=O) groups is 2. The van der Waals surface area contributed by atoms with E-state index in [2.05, 4.69) is 5.32 Å². The highest BCUT2D eigenvalue weighted by Gasteiger charge is 2.15.